The van der Waals surface area contributed by atoms with E-state index in [1.165, 1.54) is 18.2 Å². The van der Waals surface area contributed by atoms with Crippen LogP contribution in [0.5, 0.6) is 5.75 Å². The van der Waals surface area contributed by atoms with Gasteiger partial charge >= 0.3 is 0 Å². The third-order valence-electron chi connectivity index (χ3n) is 2.31. The highest BCUT2D eigenvalue weighted by Gasteiger charge is 2.12. The van der Waals surface area contributed by atoms with Crippen molar-refractivity contribution in [1.29, 1.82) is 0 Å². The highest BCUT2D eigenvalue weighted by molar-refractivity contribution is 8.13. The van der Waals surface area contributed by atoms with E-state index in [9.17, 15) is 8.42 Å². The molecule has 0 aromatic heterocycles. The minimum atomic E-state index is -3.78. The Bertz CT molecular complexity index is 519. The van der Waals surface area contributed by atoms with E-state index in [4.69, 9.17) is 36.5 Å². The number of rotatable bonds is 9. The number of benzene rings is 1. The first kappa shape index (κ1) is 17.5. The summed E-state index contributed by atoms with van der Waals surface area (Å²) in [5.74, 6) is 0.385. The molecule has 0 aliphatic rings. The van der Waals surface area contributed by atoms with Crippen LogP contribution in [-0.4, -0.2) is 42.0 Å². The van der Waals surface area contributed by atoms with Gasteiger partial charge in [-0.2, -0.15) is 0 Å². The molecule has 0 heterocycles. The molecule has 0 aliphatic heterocycles. The first-order valence-corrected chi connectivity index (χ1v) is 8.57. The van der Waals surface area contributed by atoms with Gasteiger partial charge in [0, 0.05) is 31.0 Å². The molecule has 0 radical (unpaired) electrons. The normalized spacial score (nSPS) is 11.6. The molecule has 0 spiro atoms. The number of hydrogen-bond acceptors (Lipinski definition) is 5. The quantitative estimate of drug-likeness (QED) is 0.510. The van der Waals surface area contributed by atoms with Crippen LogP contribution in [0.4, 0.5) is 0 Å². The third kappa shape index (κ3) is 6.28. The van der Waals surface area contributed by atoms with Gasteiger partial charge < -0.3 is 14.2 Å². The summed E-state index contributed by atoms with van der Waals surface area (Å²) in [7, 11) is 3.06. The van der Waals surface area contributed by atoms with E-state index < -0.39 is 9.05 Å². The number of halogens is 2. The zero-order valence-corrected chi connectivity index (χ0v) is 13.3. The van der Waals surface area contributed by atoms with Crippen LogP contribution < -0.4 is 4.74 Å². The molecule has 0 saturated carbocycles. The second-order valence-electron chi connectivity index (χ2n) is 3.84. The average Bonchev–Trinajstić information content (AvgIpc) is 2.38. The van der Waals surface area contributed by atoms with Crippen LogP contribution in [0, 0.1) is 0 Å². The maximum atomic E-state index is 11.1. The standard InChI is InChI=1S/C12H16Cl2O5S/c1-17-5-2-6-18-7-8-19-12-4-3-10(9-11(12)13)20(14,15)16/h3-4,9H,2,5-8H2,1H3. The first-order chi connectivity index (χ1) is 9.45. The van der Waals surface area contributed by atoms with Crippen molar-refractivity contribution in [2.75, 3.05) is 33.5 Å². The van der Waals surface area contributed by atoms with Gasteiger partial charge in [-0.15, -0.1) is 0 Å². The monoisotopic (exact) mass is 342 g/mol. The second kappa shape index (κ2) is 8.69. The maximum Gasteiger partial charge on any atom is 0.261 e. The fourth-order valence-electron chi connectivity index (χ4n) is 1.37. The van der Waals surface area contributed by atoms with Crippen molar-refractivity contribution >= 4 is 31.3 Å². The second-order valence-corrected chi connectivity index (χ2v) is 6.81. The van der Waals surface area contributed by atoms with Crippen LogP contribution >= 0.6 is 22.3 Å². The minimum absolute atomic E-state index is 0.0627. The molecule has 0 fully saturated rings. The molecule has 0 amide bonds. The fourth-order valence-corrected chi connectivity index (χ4v) is 2.45. The predicted molar refractivity (Wildman–Crippen MR) is 77.3 cm³/mol. The summed E-state index contributed by atoms with van der Waals surface area (Å²) in [5.41, 5.74) is 0. The van der Waals surface area contributed by atoms with Gasteiger partial charge in [0.15, 0.2) is 0 Å². The zero-order valence-electron chi connectivity index (χ0n) is 11.0. The smallest absolute Gasteiger partial charge is 0.261 e. The lowest BCUT2D eigenvalue weighted by molar-refractivity contribution is 0.0806. The van der Waals surface area contributed by atoms with Gasteiger partial charge in [0.1, 0.15) is 12.4 Å². The van der Waals surface area contributed by atoms with E-state index in [-0.39, 0.29) is 9.92 Å². The molecular formula is C12H16Cl2O5S. The average molecular weight is 343 g/mol. The van der Waals surface area contributed by atoms with E-state index in [2.05, 4.69) is 0 Å². The van der Waals surface area contributed by atoms with Gasteiger partial charge in [0.2, 0.25) is 0 Å². The summed E-state index contributed by atoms with van der Waals surface area (Å²) in [5, 5.41) is 0.186. The number of ether oxygens (including phenoxy) is 3. The van der Waals surface area contributed by atoms with Gasteiger partial charge in [-0.25, -0.2) is 8.42 Å². The Morgan fingerprint density at radius 3 is 2.50 bits per heavy atom. The molecule has 1 rings (SSSR count). The summed E-state index contributed by atoms with van der Waals surface area (Å²) in [6, 6.07) is 4.05. The molecule has 0 atom stereocenters. The molecule has 8 heteroatoms. The lowest BCUT2D eigenvalue weighted by atomic mass is 10.3. The van der Waals surface area contributed by atoms with E-state index in [1.54, 1.807) is 7.11 Å². The van der Waals surface area contributed by atoms with E-state index in [1.807, 2.05) is 0 Å². The molecule has 0 unspecified atom stereocenters. The van der Waals surface area contributed by atoms with Crippen molar-refractivity contribution in [1.82, 2.24) is 0 Å². The van der Waals surface area contributed by atoms with Crippen LogP contribution in [-0.2, 0) is 18.5 Å². The van der Waals surface area contributed by atoms with Crippen LogP contribution in [0.25, 0.3) is 0 Å². The highest BCUT2D eigenvalue weighted by atomic mass is 35.7. The fraction of sp³-hybridized carbons (Fsp3) is 0.500. The van der Waals surface area contributed by atoms with Crippen molar-refractivity contribution in [2.24, 2.45) is 0 Å². The lowest BCUT2D eigenvalue weighted by Crippen LogP contribution is -2.08. The van der Waals surface area contributed by atoms with E-state index >= 15 is 0 Å². The summed E-state index contributed by atoms with van der Waals surface area (Å²) in [4.78, 5) is -0.0627. The molecule has 0 aliphatic carbocycles. The van der Waals surface area contributed by atoms with Crippen molar-refractivity contribution in [3.63, 3.8) is 0 Å². The predicted octanol–water partition coefficient (Wildman–Crippen LogP) is 2.70. The first-order valence-electron chi connectivity index (χ1n) is 5.89. The molecule has 1 aromatic carbocycles. The van der Waals surface area contributed by atoms with Crippen molar-refractivity contribution in [3.05, 3.63) is 23.2 Å². The molecular weight excluding hydrogens is 327 g/mol. The molecule has 20 heavy (non-hydrogen) atoms. The lowest BCUT2D eigenvalue weighted by Gasteiger charge is -2.09. The Morgan fingerprint density at radius 2 is 1.90 bits per heavy atom. The minimum Gasteiger partial charge on any atom is -0.490 e. The highest BCUT2D eigenvalue weighted by Crippen LogP contribution is 2.28. The van der Waals surface area contributed by atoms with Crippen molar-refractivity contribution in [2.45, 2.75) is 11.3 Å². The third-order valence-corrected chi connectivity index (χ3v) is 3.95. The number of hydrogen-bond donors (Lipinski definition) is 0. The molecule has 0 bridgehead atoms. The molecule has 5 nitrogen and oxygen atoms in total. The molecule has 114 valence electrons. The molecule has 0 N–H and O–H groups in total. The summed E-state index contributed by atoms with van der Waals surface area (Å²) in [6.45, 7) is 1.98. The van der Waals surface area contributed by atoms with Crippen LogP contribution in [0.1, 0.15) is 6.42 Å². The van der Waals surface area contributed by atoms with Gasteiger partial charge in [-0.05, 0) is 24.6 Å². The van der Waals surface area contributed by atoms with E-state index in [0.717, 1.165) is 6.42 Å². The van der Waals surface area contributed by atoms with Crippen LogP contribution in [0.2, 0.25) is 5.02 Å². The van der Waals surface area contributed by atoms with E-state index in [0.29, 0.717) is 32.2 Å². The Labute approximate surface area is 128 Å². The summed E-state index contributed by atoms with van der Waals surface area (Å²) >= 11 is 5.91. The molecule has 1 aromatic rings. The number of methoxy groups -OCH3 is 1. The van der Waals surface area contributed by atoms with Gasteiger partial charge in [-0.3, -0.25) is 0 Å². The van der Waals surface area contributed by atoms with Crippen molar-refractivity contribution in [3.8, 4) is 5.75 Å². The summed E-state index contributed by atoms with van der Waals surface area (Å²) in [6.07, 6.45) is 0.819. The van der Waals surface area contributed by atoms with Crippen LogP contribution in [0.15, 0.2) is 23.1 Å². The topological polar surface area (TPSA) is 61.8 Å². The van der Waals surface area contributed by atoms with Gasteiger partial charge in [0.25, 0.3) is 9.05 Å². The van der Waals surface area contributed by atoms with Gasteiger partial charge in [0.05, 0.1) is 16.5 Å². The van der Waals surface area contributed by atoms with Gasteiger partial charge in [-0.1, -0.05) is 11.6 Å². The van der Waals surface area contributed by atoms with Crippen LogP contribution in [0.3, 0.4) is 0 Å². The molecule has 0 saturated heterocycles. The Morgan fingerprint density at radius 1 is 1.15 bits per heavy atom. The largest absolute Gasteiger partial charge is 0.490 e. The summed E-state index contributed by atoms with van der Waals surface area (Å²) < 4.78 is 37.8. The SMILES string of the molecule is COCCCOCCOc1ccc(S(=O)(=O)Cl)cc1Cl. The zero-order chi connectivity index (χ0) is 15.0. The Hall–Kier alpha value is -0.530. The Balaban J connectivity index is 2.38. The Kier molecular flexibility index (Phi) is 7.61. The van der Waals surface area contributed by atoms with Crippen molar-refractivity contribution < 1.29 is 22.6 Å². The maximum absolute atomic E-state index is 11.1.